The third kappa shape index (κ3) is 3.22. The molecule has 0 spiro atoms. The first kappa shape index (κ1) is 15.9. The van der Waals surface area contributed by atoms with Gasteiger partial charge in [-0.25, -0.2) is 17.5 Å². The Bertz CT molecular complexity index is 648. The van der Waals surface area contributed by atoms with Crippen molar-refractivity contribution in [1.82, 2.24) is 9.62 Å². The zero-order valence-electron chi connectivity index (χ0n) is 11.7. The maximum atomic E-state index is 13.6. The van der Waals surface area contributed by atoms with Crippen LogP contribution >= 0.6 is 0 Å². The van der Waals surface area contributed by atoms with Crippen molar-refractivity contribution in [3.8, 4) is 0 Å². The van der Waals surface area contributed by atoms with E-state index >= 15 is 0 Å². The molecule has 0 aromatic heterocycles. The summed E-state index contributed by atoms with van der Waals surface area (Å²) in [6.07, 6.45) is 0.825. The van der Waals surface area contributed by atoms with Crippen LogP contribution in [0.3, 0.4) is 0 Å². The van der Waals surface area contributed by atoms with E-state index in [1.165, 1.54) is 13.1 Å². The Morgan fingerprint density at radius 1 is 1.52 bits per heavy atom. The number of rotatable bonds is 4. The van der Waals surface area contributed by atoms with Gasteiger partial charge in [-0.2, -0.15) is 0 Å². The third-order valence-corrected chi connectivity index (χ3v) is 5.07. The van der Waals surface area contributed by atoms with E-state index in [9.17, 15) is 17.6 Å². The molecule has 1 aromatic carbocycles. The fourth-order valence-corrected chi connectivity index (χ4v) is 3.17. The molecule has 1 aliphatic rings. The van der Waals surface area contributed by atoms with E-state index in [2.05, 4.69) is 0 Å². The molecule has 21 heavy (non-hydrogen) atoms. The Morgan fingerprint density at radius 2 is 2.24 bits per heavy atom. The Kier molecular flexibility index (Phi) is 4.60. The number of likely N-dealkylation sites (tertiary alicyclic amines) is 1. The Labute approximate surface area is 123 Å². The highest BCUT2D eigenvalue weighted by Crippen LogP contribution is 2.21. The first-order valence-electron chi connectivity index (χ1n) is 6.61. The van der Waals surface area contributed by atoms with Crippen LogP contribution in [0.1, 0.15) is 16.8 Å². The molecule has 8 heteroatoms. The SMILES string of the molecule is CNS(=O)(=O)c1cc(C(=O)N2CCC(CN)C2)ccc1F. The first-order chi connectivity index (χ1) is 9.89. The summed E-state index contributed by atoms with van der Waals surface area (Å²) in [6, 6.07) is 3.36. The van der Waals surface area contributed by atoms with E-state index in [0.29, 0.717) is 19.6 Å². The van der Waals surface area contributed by atoms with E-state index in [1.54, 1.807) is 4.90 Å². The van der Waals surface area contributed by atoms with Crippen LogP contribution in [0.25, 0.3) is 0 Å². The van der Waals surface area contributed by atoms with Gasteiger partial charge >= 0.3 is 0 Å². The molecule has 0 bridgehead atoms. The van der Waals surface area contributed by atoms with Crippen molar-refractivity contribution in [3.05, 3.63) is 29.6 Å². The van der Waals surface area contributed by atoms with Crippen LogP contribution in [0.4, 0.5) is 4.39 Å². The largest absolute Gasteiger partial charge is 0.338 e. The van der Waals surface area contributed by atoms with Gasteiger partial charge < -0.3 is 10.6 Å². The Balaban J connectivity index is 2.29. The molecule has 1 aliphatic heterocycles. The van der Waals surface area contributed by atoms with Gasteiger partial charge in [0.25, 0.3) is 5.91 Å². The fourth-order valence-electron chi connectivity index (χ4n) is 2.34. The summed E-state index contributed by atoms with van der Waals surface area (Å²) in [5, 5.41) is 0. The maximum absolute atomic E-state index is 13.6. The fraction of sp³-hybridized carbons (Fsp3) is 0.462. The second-order valence-electron chi connectivity index (χ2n) is 4.99. The predicted octanol–water partition coefficient (Wildman–Crippen LogP) is 0.155. The van der Waals surface area contributed by atoms with E-state index < -0.39 is 20.7 Å². The molecule has 1 amide bonds. The number of carbonyl (C=O) groups excluding carboxylic acids is 1. The van der Waals surface area contributed by atoms with E-state index in [4.69, 9.17) is 5.73 Å². The molecule has 1 aromatic rings. The van der Waals surface area contributed by atoms with Crippen LogP contribution in [0.2, 0.25) is 0 Å². The quantitative estimate of drug-likeness (QED) is 0.827. The average Bonchev–Trinajstić information content (AvgIpc) is 2.95. The lowest BCUT2D eigenvalue weighted by Gasteiger charge is -2.17. The molecule has 1 saturated heterocycles. The van der Waals surface area contributed by atoms with Gasteiger partial charge in [0.05, 0.1) is 0 Å². The second-order valence-corrected chi connectivity index (χ2v) is 6.85. The van der Waals surface area contributed by atoms with Crippen LogP contribution in [0.15, 0.2) is 23.1 Å². The topological polar surface area (TPSA) is 92.5 Å². The molecule has 0 radical (unpaired) electrons. The highest BCUT2D eigenvalue weighted by atomic mass is 32.2. The van der Waals surface area contributed by atoms with Crippen molar-refractivity contribution < 1.29 is 17.6 Å². The molecular weight excluding hydrogens is 297 g/mol. The van der Waals surface area contributed by atoms with E-state index in [1.807, 2.05) is 4.72 Å². The molecule has 0 aliphatic carbocycles. The van der Waals surface area contributed by atoms with Gasteiger partial charge in [0.1, 0.15) is 10.7 Å². The summed E-state index contributed by atoms with van der Waals surface area (Å²) in [5.41, 5.74) is 5.73. The monoisotopic (exact) mass is 315 g/mol. The third-order valence-electron chi connectivity index (χ3n) is 3.64. The van der Waals surface area contributed by atoms with Gasteiger partial charge in [-0.1, -0.05) is 0 Å². The standard InChI is InChI=1S/C13H18FN3O3S/c1-16-21(19,20)12-6-10(2-3-11(12)14)13(18)17-5-4-9(7-15)8-17/h2-3,6,9,16H,4-5,7-8,15H2,1H3. The lowest BCUT2D eigenvalue weighted by atomic mass is 10.1. The van der Waals surface area contributed by atoms with E-state index in [-0.39, 0.29) is 17.4 Å². The molecular formula is C13H18FN3O3S. The van der Waals surface area contributed by atoms with Crippen molar-refractivity contribution >= 4 is 15.9 Å². The van der Waals surface area contributed by atoms with Gasteiger partial charge in [0, 0.05) is 18.7 Å². The predicted molar refractivity (Wildman–Crippen MR) is 75.7 cm³/mol. The van der Waals surface area contributed by atoms with Crippen molar-refractivity contribution in [1.29, 1.82) is 0 Å². The molecule has 0 saturated carbocycles. The van der Waals surface area contributed by atoms with Crippen molar-refractivity contribution in [2.45, 2.75) is 11.3 Å². The number of benzene rings is 1. The van der Waals surface area contributed by atoms with Gasteiger partial charge in [-0.05, 0) is 44.1 Å². The van der Waals surface area contributed by atoms with Gasteiger partial charge in [-0.15, -0.1) is 0 Å². The van der Waals surface area contributed by atoms with Crippen LogP contribution in [-0.4, -0.2) is 45.9 Å². The summed E-state index contributed by atoms with van der Waals surface area (Å²) in [4.78, 5) is 13.4. The Hall–Kier alpha value is -1.51. The molecule has 1 atom stereocenters. The second kappa shape index (κ2) is 6.08. The smallest absolute Gasteiger partial charge is 0.253 e. The number of halogens is 1. The van der Waals surface area contributed by atoms with Crippen LogP contribution in [0, 0.1) is 11.7 Å². The van der Waals surface area contributed by atoms with Crippen LogP contribution in [0.5, 0.6) is 0 Å². The van der Waals surface area contributed by atoms with E-state index in [0.717, 1.165) is 18.6 Å². The molecule has 1 unspecified atom stereocenters. The van der Waals surface area contributed by atoms with Gasteiger partial charge in [0.15, 0.2) is 0 Å². The summed E-state index contributed by atoms with van der Waals surface area (Å²) >= 11 is 0. The zero-order valence-corrected chi connectivity index (χ0v) is 12.5. The molecule has 2 rings (SSSR count). The number of hydrogen-bond acceptors (Lipinski definition) is 4. The maximum Gasteiger partial charge on any atom is 0.253 e. The minimum atomic E-state index is -3.94. The lowest BCUT2D eigenvalue weighted by Crippen LogP contribution is -2.30. The first-order valence-corrected chi connectivity index (χ1v) is 8.09. The number of nitrogens with two attached hydrogens (primary N) is 1. The summed E-state index contributed by atoms with van der Waals surface area (Å²) < 4.78 is 39.1. The van der Waals surface area contributed by atoms with Crippen LogP contribution in [-0.2, 0) is 10.0 Å². The number of hydrogen-bond donors (Lipinski definition) is 2. The van der Waals surface area contributed by atoms with Gasteiger partial charge in [0.2, 0.25) is 10.0 Å². The van der Waals surface area contributed by atoms with Crippen molar-refractivity contribution in [2.75, 3.05) is 26.7 Å². The number of nitrogens with one attached hydrogen (secondary N) is 1. The molecule has 6 nitrogen and oxygen atoms in total. The molecule has 3 N–H and O–H groups in total. The van der Waals surface area contributed by atoms with Crippen molar-refractivity contribution in [3.63, 3.8) is 0 Å². The molecule has 1 heterocycles. The summed E-state index contributed by atoms with van der Waals surface area (Å²) in [7, 11) is -2.75. The normalized spacial score (nSPS) is 19.0. The summed E-state index contributed by atoms with van der Waals surface area (Å²) in [6.45, 7) is 1.62. The summed E-state index contributed by atoms with van der Waals surface area (Å²) in [5.74, 6) is -0.935. The van der Waals surface area contributed by atoms with Crippen molar-refractivity contribution in [2.24, 2.45) is 11.7 Å². The number of sulfonamides is 1. The minimum absolute atomic E-state index is 0.155. The number of carbonyl (C=O) groups is 1. The molecule has 1 fully saturated rings. The van der Waals surface area contributed by atoms with Crippen LogP contribution < -0.4 is 10.5 Å². The highest BCUT2D eigenvalue weighted by molar-refractivity contribution is 7.89. The molecule has 116 valence electrons. The lowest BCUT2D eigenvalue weighted by molar-refractivity contribution is 0.0787. The Morgan fingerprint density at radius 3 is 2.81 bits per heavy atom. The van der Waals surface area contributed by atoms with Gasteiger partial charge in [-0.3, -0.25) is 4.79 Å². The zero-order chi connectivity index (χ0) is 15.6. The number of amides is 1. The average molecular weight is 315 g/mol. The highest BCUT2D eigenvalue weighted by Gasteiger charge is 2.27. The minimum Gasteiger partial charge on any atom is -0.338 e. The number of nitrogens with zero attached hydrogens (tertiary/aromatic N) is 1.